The monoisotopic (exact) mass is 1150 g/mol. The number of H-pyrrole nitrogens is 1. The highest BCUT2D eigenvalue weighted by atomic mass is 127. The van der Waals surface area contributed by atoms with Crippen molar-refractivity contribution in [2.75, 3.05) is 0 Å². The quantitative estimate of drug-likeness (QED) is 0.167. The molecule has 0 fully saturated rings. The van der Waals surface area contributed by atoms with Gasteiger partial charge in [0.05, 0.1) is 27.6 Å². The van der Waals surface area contributed by atoms with Gasteiger partial charge in [-0.2, -0.15) is 0 Å². The molecule has 0 aliphatic rings. The lowest BCUT2D eigenvalue weighted by Gasteiger charge is -2.11. The van der Waals surface area contributed by atoms with Gasteiger partial charge in [0.1, 0.15) is 0 Å². The fourth-order valence-electron chi connectivity index (χ4n) is 9.93. The Labute approximate surface area is 441 Å². The Morgan fingerprint density at radius 1 is 0.338 bits per heavy atom. The minimum absolute atomic E-state index is 1.08. The Hall–Kier alpha value is -7.43. The van der Waals surface area contributed by atoms with Gasteiger partial charge >= 0.3 is 0 Å². The largest absolute Gasteiger partial charge is 0.354 e. The number of aromatic amines is 1. The molecule has 0 amide bonds. The fraction of sp³-hybridized carbons (Fsp3) is 0. The van der Waals surface area contributed by atoms with Crippen molar-refractivity contribution in [2.45, 2.75) is 0 Å². The molecule has 4 heterocycles. The van der Waals surface area contributed by atoms with Crippen LogP contribution in [0.4, 0.5) is 0 Å². The molecule has 14 aromatic rings. The minimum Gasteiger partial charge on any atom is -0.354 e. The number of hydrogen-bond donors (Lipinski definition) is 1. The zero-order chi connectivity index (χ0) is 47.8. The van der Waals surface area contributed by atoms with Crippen LogP contribution in [0.1, 0.15) is 0 Å². The van der Waals surface area contributed by atoms with Crippen LogP contribution in [0.3, 0.4) is 0 Å². The van der Waals surface area contributed by atoms with Crippen molar-refractivity contribution in [3.05, 3.63) is 268 Å². The zero-order valence-electron chi connectivity index (χ0n) is 38.2. The second-order valence-electron chi connectivity index (χ2n) is 17.5. The standard InChI is InChI=1S/C32H21BrN2.C20H13BrN2.C12H9I/c33-24-14-15-30-28(21-24)32-27-18-19-34(25-11-5-2-6-12-25)29(27)16-17-31(32)35(30)26-13-7-10-23(20-26)22-8-3-1-4-9-22;21-13-6-8-18-17(12-13)15-7-9-19-16(20(15)22-18)10-11-23(19)14-4-2-1-3-5-14;13-12-8-4-7-11(9-12)10-5-2-1-3-6-10/h1-21H;1-12,22H;1-9H. The van der Waals surface area contributed by atoms with E-state index in [9.17, 15) is 0 Å². The fourth-order valence-corrected chi connectivity index (χ4v) is 11.2. The van der Waals surface area contributed by atoms with Crippen molar-refractivity contribution in [3.63, 3.8) is 0 Å². The van der Waals surface area contributed by atoms with Crippen LogP contribution in [0, 0.1) is 3.57 Å². The van der Waals surface area contributed by atoms with Crippen molar-refractivity contribution < 1.29 is 0 Å². The normalized spacial score (nSPS) is 11.3. The molecule has 0 spiro atoms. The molecule has 14 rings (SSSR count). The van der Waals surface area contributed by atoms with Crippen molar-refractivity contribution in [3.8, 4) is 39.3 Å². The molecule has 0 bridgehead atoms. The summed E-state index contributed by atoms with van der Waals surface area (Å²) in [6.07, 6.45) is 4.32. The molecule has 10 aromatic carbocycles. The second kappa shape index (κ2) is 19.4. The van der Waals surface area contributed by atoms with Crippen LogP contribution in [0.15, 0.2) is 264 Å². The molecular weight excluding hydrogens is 1110 g/mol. The molecule has 0 saturated carbocycles. The van der Waals surface area contributed by atoms with E-state index in [1.807, 2.05) is 12.1 Å². The molecule has 0 aliphatic carbocycles. The molecule has 1 N–H and O–H groups in total. The van der Waals surface area contributed by atoms with Gasteiger partial charge in [0.15, 0.2) is 0 Å². The number of halogens is 3. The van der Waals surface area contributed by atoms with Crippen LogP contribution in [0.2, 0.25) is 0 Å². The predicted octanol–water partition coefficient (Wildman–Crippen LogP) is 19.1. The summed E-state index contributed by atoms with van der Waals surface area (Å²) >= 11 is 9.62. The Morgan fingerprint density at radius 2 is 0.831 bits per heavy atom. The number of aromatic nitrogens is 4. The summed E-state index contributed by atoms with van der Waals surface area (Å²) in [4.78, 5) is 3.58. The van der Waals surface area contributed by atoms with E-state index >= 15 is 0 Å². The van der Waals surface area contributed by atoms with E-state index in [-0.39, 0.29) is 0 Å². The highest BCUT2D eigenvalue weighted by molar-refractivity contribution is 14.1. The number of hydrogen-bond acceptors (Lipinski definition) is 0. The third-order valence-corrected chi connectivity index (χ3v) is 14.8. The lowest BCUT2D eigenvalue weighted by Crippen LogP contribution is -1.94. The van der Waals surface area contributed by atoms with Gasteiger partial charge in [-0.25, -0.2) is 0 Å². The van der Waals surface area contributed by atoms with E-state index in [1.165, 1.54) is 103 Å². The molecule has 4 aromatic heterocycles. The van der Waals surface area contributed by atoms with Crippen LogP contribution < -0.4 is 0 Å². The maximum Gasteiger partial charge on any atom is 0.0560 e. The van der Waals surface area contributed by atoms with E-state index in [0.29, 0.717) is 0 Å². The smallest absolute Gasteiger partial charge is 0.0560 e. The molecule has 0 unspecified atom stereocenters. The summed E-state index contributed by atoms with van der Waals surface area (Å²) in [5, 5.41) is 7.55. The van der Waals surface area contributed by atoms with Gasteiger partial charge in [0.2, 0.25) is 0 Å². The van der Waals surface area contributed by atoms with Crippen LogP contribution in [-0.4, -0.2) is 18.7 Å². The summed E-state index contributed by atoms with van der Waals surface area (Å²) in [5.41, 5.74) is 15.7. The summed E-state index contributed by atoms with van der Waals surface area (Å²) in [5.74, 6) is 0. The number of nitrogens with zero attached hydrogens (tertiary/aromatic N) is 3. The minimum atomic E-state index is 1.08. The number of benzene rings is 10. The number of rotatable bonds is 5. The van der Waals surface area contributed by atoms with Crippen molar-refractivity contribution in [1.82, 2.24) is 18.7 Å². The first-order chi connectivity index (χ1) is 34.9. The van der Waals surface area contributed by atoms with E-state index in [1.54, 1.807) is 0 Å². The second-order valence-corrected chi connectivity index (χ2v) is 20.5. The molecule has 340 valence electrons. The molecule has 4 nitrogen and oxygen atoms in total. The Bertz CT molecular complexity index is 4190. The molecule has 0 aliphatic heterocycles. The molecule has 0 radical (unpaired) electrons. The van der Waals surface area contributed by atoms with Gasteiger partial charge in [-0.05, 0) is 160 Å². The van der Waals surface area contributed by atoms with E-state index in [0.717, 1.165) is 14.6 Å². The van der Waals surface area contributed by atoms with Crippen molar-refractivity contribution in [1.29, 1.82) is 0 Å². The summed E-state index contributed by atoms with van der Waals surface area (Å²) in [7, 11) is 0. The summed E-state index contributed by atoms with van der Waals surface area (Å²) in [6, 6.07) is 85.6. The predicted molar refractivity (Wildman–Crippen MR) is 316 cm³/mol. The molecular formula is C64H43Br2IN4. The Kier molecular flexibility index (Phi) is 12.2. The van der Waals surface area contributed by atoms with E-state index in [4.69, 9.17) is 0 Å². The third kappa shape index (κ3) is 8.69. The van der Waals surface area contributed by atoms with Crippen LogP contribution in [0.5, 0.6) is 0 Å². The van der Waals surface area contributed by atoms with Crippen LogP contribution in [0.25, 0.3) is 105 Å². The van der Waals surface area contributed by atoms with Crippen molar-refractivity contribution in [2.24, 2.45) is 0 Å². The van der Waals surface area contributed by atoms with E-state index in [2.05, 4.69) is 316 Å². The Morgan fingerprint density at radius 3 is 1.48 bits per heavy atom. The van der Waals surface area contributed by atoms with E-state index < -0.39 is 0 Å². The van der Waals surface area contributed by atoms with Gasteiger partial charge in [-0.15, -0.1) is 0 Å². The van der Waals surface area contributed by atoms with Crippen LogP contribution >= 0.6 is 54.5 Å². The molecule has 0 atom stereocenters. The lowest BCUT2D eigenvalue weighted by molar-refractivity contribution is 1.13. The van der Waals surface area contributed by atoms with Crippen molar-refractivity contribution >= 4 is 120 Å². The third-order valence-electron chi connectivity index (χ3n) is 13.2. The average Bonchev–Trinajstić information content (AvgIpc) is 4.22. The van der Waals surface area contributed by atoms with Gasteiger partial charge < -0.3 is 18.7 Å². The van der Waals surface area contributed by atoms with Gasteiger partial charge in [-0.1, -0.05) is 159 Å². The summed E-state index contributed by atoms with van der Waals surface area (Å²) < 4.78 is 10.4. The van der Waals surface area contributed by atoms with Gasteiger partial charge in [0, 0.05) is 79.8 Å². The first-order valence-electron chi connectivity index (χ1n) is 23.5. The molecule has 71 heavy (non-hydrogen) atoms. The number of fused-ring (bicyclic) bond motifs is 10. The first-order valence-corrected chi connectivity index (χ1v) is 26.1. The topological polar surface area (TPSA) is 30.6 Å². The zero-order valence-corrected chi connectivity index (χ0v) is 43.6. The van der Waals surface area contributed by atoms with Gasteiger partial charge in [-0.3, -0.25) is 0 Å². The SMILES string of the molecule is Brc1ccc2[nH]c3c(ccc4c3ccn4-c3ccccc3)c2c1.Brc1ccc2c(c1)c1c3ccn(-c4ccccc4)c3ccc1n2-c1cccc(-c2ccccc2)c1.Ic1cccc(-c2ccccc2)c1. The molecule has 0 saturated heterocycles. The maximum absolute atomic E-state index is 3.72. The highest BCUT2D eigenvalue weighted by Gasteiger charge is 2.18. The van der Waals surface area contributed by atoms with Crippen LogP contribution in [-0.2, 0) is 0 Å². The maximum atomic E-state index is 3.72. The summed E-state index contributed by atoms with van der Waals surface area (Å²) in [6.45, 7) is 0. The lowest BCUT2D eigenvalue weighted by atomic mass is 10.1. The highest BCUT2D eigenvalue weighted by Crippen LogP contribution is 2.40. The molecule has 7 heteroatoms. The first kappa shape index (κ1) is 44.8. The Balaban J connectivity index is 0.000000123. The average molecular weight is 1150 g/mol. The van der Waals surface area contributed by atoms with Gasteiger partial charge in [0.25, 0.3) is 0 Å². The number of nitrogens with one attached hydrogen (secondary N) is 1. The number of para-hydroxylation sites is 2.